The van der Waals surface area contributed by atoms with Gasteiger partial charge in [-0.2, -0.15) is 5.10 Å². The first-order valence-corrected chi connectivity index (χ1v) is 8.80. The van der Waals surface area contributed by atoms with Crippen molar-refractivity contribution in [3.05, 3.63) is 18.0 Å². The highest BCUT2D eigenvalue weighted by molar-refractivity contribution is 7.89. The molecule has 1 aromatic heterocycles. The lowest BCUT2D eigenvalue weighted by atomic mass is 10.1. The second-order valence-electron chi connectivity index (χ2n) is 5.37. The van der Waals surface area contributed by atoms with Crippen molar-refractivity contribution in [2.45, 2.75) is 32.2 Å². The Bertz CT molecular complexity index is 588. The largest absolute Gasteiger partial charge is 0.349 e. The molecule has 0 bridgehead atoms. The van der Waals surface area contributed by atoms with Crippen molar-refractivity contribution in [2.24, 2.45) is 7.05 Å². The maximum atomic E-state index is 12.0. The van der Waals surface area contributed by atoms with Gasteiger partial charge in [-0.15, -0.1) is 0 Å². The molecule has 1 amide bonds. The fraction of sp³-hybridized carbons (Fsp3) is 0.692. The minimum absolute atomic E-state index is 0.0192. The van der Waals surface area contributed by atoms with E-state index in [1.54, 1.807) is 17.9 Å². The van der Waals surface area contributed by atoms with Gasteiger partial charge in [0.25, 0.3) is 5.91 Å². The number of carbonyl (C=O) groups excluding carboxylic acids is 1. The Labute approximate surface area is 125 Å². The molecule has 1 aliphatic heterocycles. The number of hydrogen-bond acceptors (Lipinski definition) is 4. The fourth-order valence-electron chi connectivity index (χ4n) is 2.47. The second-order valence-corrected chi connectivity index (χ2v) is 7.45. The van der Waals surface area contributed by atoms with Crippen LogP contribution in [0.15, 0.2) is 12.4 Å². The van der Waals surface area contributed by atoms with Crippen LogP contribution in [0.3, 0.4) is 0 Å². The molecule has 2 rings (SSSR count). The zero-order chi connectivity index (χ0) is 15.5. The van der Waals surface area contributed by atoms with Crippen molar-refractivity contribution in [3.8, 4) is 0 Å². The molecule has 0 aliphatic carbocycles. The highest BCUT2D eigenvalue weighted by atomic mass is 32.2. The first kappa shape index (κ1) is 16.0. The van der Waals surface area contributed by atoms with Gasteiger partial charge >= 0.3 is 0 Å². The summed E-state index contributed by atoms with van der Waals surface area (Å²) >= 11 is 0. The molecule has 0 aromatic carbocycles. The molecule has 1 fully saturated rings. The van der Waals surface area contributed by atoms with Crippen LogP contribution in [-0.2, 0) is 17.1 Å². The molecule has 0 saturated carbocycles. The summed E-state index contributed by atoms with van der Waals surface area (Å²) in [6, 6.07) is 0.0192. The zero-order valence-electron chi connectivity index (χ0n) is 12.4. The van der Waals surface area contributed by atoms with Crippen LogP contribution in [0.1, 0.15) is 36.5 Å². The third-order valence-electron chi connectivity index (χ3n) is 3.61. The molecular weight excluding hydrogens is 292 g/mol. The van der Waals surface area contributed by atoms with Gasteiger partial charge in [0.2, 0.25) is 10.0 Å². The van der Waals surface area contributed by atoms with Gasteiger partial charge in [-0.1, -0.05) is 6.92 Å². The van der Waals surface area contributed by atoms with Crippen molar-refractivity contribution in [1.82, 2.24) is 19.4 Å². The molecule has 7 nitrogen and oxygen atoms in total. The summed E-state index contributed by atoms with van der Waals surface area (Å²) in [5.41, 5.74) is 0.526. The lowest BCUT2D eigenvalue weighted by molar-refractivity contribution is 0.0924. The summed E-state index contributed by atoms with van der Waals surface area (Å²) in [4.78, 5) is 12.0. The third-order valence-corrected chi connectivity index (χ3v) is 5.69. The van der Waals surface area contributed by atoms with Gasteiger partial charge in [0.1, 0.15) is 0 Å². The normalized spacial score (nSPS) is 17.8. The van der Waals surface area contributed by atoms with Gasteiger partial charge < -0.3 is 5.32 Å². The van der Waals surface area contributed by atoms with E-state index < -0.39 is 10.0 Å². The van der Waals surface area contributed by atoms with E-state index in [2.05, 4.69) is 10.4 Å². The number of nitrogens with zero attached hydrogens (tertiary/aromatic N) is 3. The maximum absolute atomic E-state index is 12.0. The number of carbonyl (C=O) groups is 1. The molecule has 1 aliphatic rings. The molecule has 2 heterocycles. The molecule has 1 saturated heterocycles. The summed E-state index contributed by atoms with van der Waals surface area (Å²) < 4.78 is 27.0. The summed E-state index contributed by atoms with van der Waals surface area (Å²) in [6.45, 7) is 2.80. The Morgan fingerprint density at radius 1 is 1.43 bits per heavy atom. The van der Waals surface area contributed by atoms with Crippen LogP contribution in [0.25, 0.3) is 0 Å². The van der Waals surface area contributed by atoms with Gasteiger partial charge in [-0.25, -0.2) is 12.7 Å². The van der Waals surface area contributed by atoms with Crippen LogP contribution >= 0.6 is 0 Å². The summed E-state index contributed by atoms with van der Waals surface area (Å²) in [5.74, 6) is 0.0395. The molecule has 0 atom stereocenters. The molecule has 118 valence electrons. The highest BCUT2D eigenvalue weighted by Gasteiger charge is 2.28. The van der Waals surface area contributed by atoms with Gasteiger partial charge in [0.05, 0.1) is 17.5 Å². The van der Waals surface area contributed by atoms with Crippen molar-refractivity contribution in [1.29, 1.82) is 0 Å². The lowest BCUT2D eigenvalue weighted by Crippen LogP contribution is -2.47. The van der Waals surface area contributed by atoms with E-state index in [-0.39, 0.29) is 17.7 Å². The van der Waals surface area contributed by atoms with E-state index in [0.717, 1.165) is 0 Å². The smallest absolute Gasteiger partial charge is 0.254 e. The molecular formula is C13H22N4O3S. The maximum Gasteiger partial charge on any atom is 0.254 e. The van der Waals surface area contributed by atoms with E-state index in [4.69, 9.17) is 0 Å². The van der Waals surface area contributed by atoms with Crippen LogP contribution in [0.5, 0.6) is 0 Å². The average Bonchev–Trinajstić information content (AvgIpc) is 2.86. The zero-order valence-corrected chi connectivity index (χ0v) is 13.3. The predicted octanol–water partition coefficient (Wildman–Crippen LogP) is 0.354. The molecule has 0 unspecified atom stereocenters. The number of aryl methyl sites for hydroxylation is 1. The van der Waals surface area contributed by atoms with Crippen molar-refractivity contribution in [2.75, 3.05) is 18.8 Å². The summed E-state index contributed by atoms with van der Waals surface area (Å²) in [7, 11) is -1.37. The molecule has 0 spiro atoms. The third kappa shape index (κ3) is 4.04. The Morgan fingerprint density at radius 3 is 2.62 bits per heavy atom. The topological polar surface area (TPSA) is 84.3 Å². The standard InChI is InChI=1S/C13H22N4O3S/c1-3-8-21(19,20)17-6-4-12(5-7-17)15-13(18)11-9-14-16(2)10-11/h9-10,12H,3-8H2,1-2H3,(H,15,18). The quantitative estimate of drug-likeness (QED) is 0.850. The minimum Gasteiger partial charge on any atom is -0.349 e. The summed E-state index contributed by atoms with van der Waals surface area (Å²) in [6.07, 6.45) is 5.11. The number of piperidine rings is 1. The van der Waals surface area contributed by atoms with E-state index in [1.165, 1.54) is 10.5 Å². The van der Waals surface area contributed by atoms with Crippen molar-refractivity contribution >= 4 is 15.9 Å². The van der Waals surface area contributed by atoms with Crippen LogP contribution < -0.4 is 5.32 Å². The minimum atomic E-state index is -3.13. The van der Waals surface area contributed by atoms with Gasteiger partial charge in [-0.05, 0) is 19.3 Å². The molecule has 1 N–H and O–H groups in total. The molecule has 1 aromatic rings. The Balaban J connectivity index is 1.86. The lowest BCUT2D eigenvalue weighted by Gasteiger charge is -2.31. The van der Waals surface area contributed by atoms with Crippen LogP contribution in [-0.4, -0.2) is 53.3 Å². The number of aromatic nitrogens is 2. The number of sulfonamides is 1. The van der Waals surface area contributed by atoms with E-state index in [1.807, 2.05) is 6.92 Å². The number of nitrogens with one attached hydrogen (secondary N) is 1. The van der Waals surface area contributed by atoms with Crippen LogP contribution in [0, 0.1) is 0 Å². The van der Waals surface area contributed by atoms with Gasteiger partial charge in [0, 0.05) is 32.4 Å². The Morgan fingerprint density at radius 2 is 2.10 bits per heavy atom. The molecule has 8 heteroatoms. The van der Waals surface area contributed by atoms with Crippen molar-refractivity contribution < 1.29 is 13.2 Å². The van der Waals surface area contributed by atoms with Crippen LogP contribution in [0.4, 0.5) is 0 Å². The Kier molecular flexibility index (Phi) is 5.00. The van der Waals surface area contributed by atoms with E-state index in [9.17, 15) is 13.2 Å². The van der Waals surface area contributed by atoms with Crippen molar-refractivity contribution in [3.63, 3.8) is 0 Å². The number of hydrogen-bond donors (Lipinski definition) is 1. The van der Waals surface area contributed by atoms with E-state index >= 15 is 0 Å². The highest BCUT2D eigenvalue weighted by Crippen LogP contribution is 2.15. The van der Waals surface area contributed by atoms with Crippen LogP contribution in [0.2, 0.25) is 0 Å². The first-order valence-electron chi connectivity index (χ1n) is 7.19. The average molecular weight is 314 g/mol. The summed E-state index contributed by atoms with van der Waals surface area (Å²) in [5, 5.41) is 6.90. The molecule has 21 heavy (non-hydrogen) atoms. The predicted molar refractivity (Wildman–Crippen MR) is 79.3 cm³/mol. The molecule has 0 radical (unpaired) electrons. The number of amides is 1. The fourth-order valence-corrected chi connectivity index (χ4v) is 4.01. The monoisotopic (exact) mass is 314 g/mol. The van der Waals surface area contributed by atoms with E-state index in [0.29, 0.717) is 37.9 Å². The van der Waals surface area contributed by atoms with Gasteiger partial charge in [0.15, 0.2) is 0 Å². The van der Waals surface area contributed by atoms with Gasteiger partial charge in [-0.3, -0.25) is 9.48 Å². The first-order chi connectivity index (χ1) is 9.92. The number of rotatable bonds is 5. The second kappa shape index (κ2) is 6.57. The SMILES string of the molecule is CCCS(=O)(=O)N1CCC(NC(=O)c2cnn(C)c2)CC1. The Hall–Kier alpha value is -1.41.